The van der Waals surface area contributed by atoms with E-state index in [4.69, 9.17) is 9.84 Å². The van der Waals surface area contributed by atoms with Crippen molar-refractivity contribution in [3.05, 3.63) is 0 Å². The summed E-state index contributed by atoms with van der Waals surface area (Å²) in [6.45, 7) is 8.34. The number of ether oxygens (including phenoxy) is 1. The molecule has 94 valence electrons. The topological polar surface area (TPSA) is 49.8 Å². The second kappa shape index (κ2) is 6.86. The first kappa shape index (κ1) is 13.5. The number of aliphatic carboxylic acids is 1. The highest BCUT2D eigenvalue weighted by Crippen LogP contribution is 2.15. The second-order valence-electron chi connectivity index (χ2n) is 4.92. The van der Waals surface area contributed by atoms with Gasteiger partial charge in [0.25, 0.3) is 0 Å². The van der Waals surface area contributed by atoms with Crippen LogP contribution in [0.5, 0.6) is 0 Å². The van der Waals surface area contributed by atoms with Crippen LogP contribution in [0.2, 0.25) is 0 Å². The highest BCUT2D eigenvalue weighted by Gasteiger charge is 2.27. The van der Waals surface area contributed by atoms with Gasteiger partial charge in [-0.1, -0.05) is 13.8 Å². The minimum absolute atomic E-state index is 0.171. The number of likely N-dealkylation sites (tertiary alicyclic amines) is 1. The minimum Gasteiger partial charge on any atom is -0.481 e. The predicted octanol–water partition coefficient (Wildman–Crippen LogP) is 1.46. The molecule has 0 aromatic rings. The van der Waals surface area contributed by atoms with Crippen molar-refractivity contribution < 1.29 is 14.6 Å². The van der Waals surface area contributed by atoms with Gasteiger partial charge in [-0.2, -0.15) is 0 Å². The van der Waals surface area contributed by atoms with Gasteiger partial charge in [-0.25, -0.2) is 0 Å². The molecule has 1 atom stereocenters. The Kier molecular flexibility index (Phi) is 5.77. The van der Waals surface area contributed by atoms with Crippen molar-refractivity contribution >= 4 is 5.97 Å². The van der Waals surface area contributed by atoms with Crippen LogP contribution in [0, 0.1) is 11.8 Å². The van der Waals surface area contributed by atoms with Crippen molar-refractivity contribution in [2.45, 2.75) is 26.7 Å². The molecule has 4 heteroatoms. The Morgan fingerprint density at radius 3 is 2.81 bits per heavy atom. The van der Waals surface area contributed by atoms with Crippen LogP contribution in [0.4, 0.5) is 0 Å². The zero-order valence-electron chi connectivity index (χ0n) is 10.3. The largest absolute Gasteiger partial charge is 0.481 e. The molecule has 4 nitrogen and oxygen atoms in total. The molecular weight excluding hydrogens is 206 g/mol. The van der Waals surface area contributed by atoms with Gasteiger partial charge in [0, 0.05) is 19.7 Å². The number of nitrogens with zero attached hydrogens (tertiary/aromatic N) is 1. The molecule has 16 heavy (non-hydrogen) atoms. The molecule has 1 N–H and O–H groups in total. The van der Waals surface area contributed by atoms with Crippen molar-refractivity contribution in [2.24, 2.45) is 11.8 Å². The summed E-state index contributed by atoms with van der Waals surface area (Å²) in [5, 5.41) is 8.84. The van der Waals surface area contributed by atoms with E-state index < -0.39 is 5.97 Å². The van der Waals surface area contributed by atoms with E-state index in [2.05, 4.69) is 18.7 Å². The van der Waals surface area contributed by atoms with E-state index in [1.54, 1.807) is 0 Å². The van der Waals surface area contributed by atoms with Crippen molar-refractivity contribution in [1.82, 2.24) is 4.90 Å². The van der Waals surface area contributed by atoms with Gasteiger partial charge >= 0.3 is 5.97 Å². The van der Waals surface area contributed by atoms with Gasteiger partial charge in [0.15, 0.2) is 0 Å². The number of rotatable bonds is 7. The van der Waals surface area contributed by atoms with Gasteiger partial charge in [-0.3, -0.25) is 4.79 Å². The number of carbonyl (C=O) groups is 1. The Morgan fingerprint density at radius 2 is 2.25 bits per heavy atom. The molecule has 1 rings (SSSR count). The van der Waals surface area contributed by atoms with Crippen molar-refractivity contribution in [3.8, 4) is 0 Å². The summed E-state index contributed by atoms with van der Waals surface area (Å²) < 4.78 is 5.51. The fraction of sp³-hybridized carbons (Fsp3) is 0.917. The van der Waals surface area contributed by atoms with Crippen LogP contribution in [0.1, 0.15) is 26.7 Å². The van der Waals surface area contributed by atoms with E-state index in [9.17, 15) is 4.79 Å². The van der Waals surface area contributed by atoms with Crippen LogP contribution in [0.25, 0.3) is 0 Å². The molecule has 0 radical (unpaired) electrons. The van der Waals surface area contributed by atoms with Crippen LogP contribution < -0.4 is 0 Å². The number of carboxylic acid groups (broad SMARTS) is 1. The Hall–Kier alpha value is -0.610. The molecule has 0 aromatic carbocycles. The normalized spacial score (nSPS) is 21.8. The molecule has 0 bridgehead atoms. The van der Waals surface area contributed by atoms with Gasteiger partial charge in [-0.15, -0.1) is 0 Å². The summed E-state index contributed by atoms with van der Waals surface area (Å²) >= 11 is 0. The lowest BCUT2D eigenvalue weighted by atomic mass is 10.1. The quantitative estimate of drug-likeness (QED) is 0.671. The van der Waals surface area contributed by atoms with Crippen LogP contribution in [0.15, 0.2) is 0 Å². The number of carboxylic acids is 1. The molecule has 0 amide bonds. The molecule has 0 aliphatic carbocycles. The highest BCUT2D eigenvalue weighted by atomic mass is 16.5. The molecule has 1 heterocycles. The summed E-state index contributed by atoms with van der Waals surface area (Å²) in [6.07, 6.45) is 1.87. The van der Waals surface area contributed by atoms with E-state index in [0.29, 0.717) is 12.5 Å². The smallest absolute Gasteiger partial charge is 0.307 e. The molecular formula is C12H23NO3. The molecule has 1 fully saturated rings. The van der Waals surface area contributed by atoms with E-state index in [0.717, 1.165) is 39.1 Å². The average Bonchev–Trinajstić information content (AvgIpc) is 2.65. The third-order valence-corrected chi connectivity index (χ3v) is 3.01. The molecule has 0 spiro atoms. The van der Waals surface area contributed by atoms with Gasteiger partial charge in [0.2, 0.25) is 0 Å². The number of hydrogen-bond acceptors (Lipinski definition) is 3. The Bertz CT molecular complexity index is 218. The lowest BCUT2D eigenvalue weighted by molar-refractivity contribution is -0.141. The van der Waals surface area contributed by atoms with E-state index in [1.165, 1.54) is 0 Å². The Balaban J connectivity index is 2.00. The predicted molar refractivity (Wildman–Crippen MR) is 62.5 cm³/mol. The van der Waals surface area contributed by atoms with Crippen molar-refractivity contribution in [3.63, 3.8) is 0 Å². The fourth-order valence-corrected chi connectivity index (χ4v) is 1.85. The fourth-order valence-electron chi connectivity index (χ4n) is 1.85. The monoisotopic (exact) mass is 229 g/mol. The molecule has 0 saturated carbocycles. The van der Waals surface area contributed by atoms with Gasteiger partial charge in [0.05, 0.1) is 12.5 Å². The summed E-state index contributed by atoms with van der Waals surface area (Å²) in [6, 6.07) is 0. The molecule has 1 saturated heterocycles. The van der Waals surface area contributed by atoms with Crippen molar-refractivity contribution in [1.29, 1.82) is 0 Å². The lowest BCUT2D eigenvalue weighted by Crippen LogP contribution is -2.27. The maximum atomic E-state index is 10.7. The molecule has 1 unspecified atom stereocenters. The van der Waals surface area contributed by atoms with Crippen LogP contribution >= 0.6 is 0 Å². The van der Waals surface area contributed by atoms with E-state index >= 15 is 0 Å². The second-order valence-corrected chi connectivity index (χ2v) is 4.92. The average molecular weight is 229 g/mol. The number of hydrogen-bond donors (Lipinski definition) is 1. The van der Waals surface area contributed by atoms with E-state index in [1.807, 2.05) is 0 Å². The van der Waals surface area contributed by atoms with E-state index in [-0.39, 0.29) is 5.92 Å². The Labute approximate surface area is 97.6 Å². The summed E-state index contributed by atoms with van der Waals surface area (Å²) in [7, 11) is 0. The Morgan fingerprint density at radius 1 is 1.50 bits per heavy atom. The van der Waals surface area contributed by atoms with Crippen LogP contribution in [-0.4, -0.2) is 48.8 Å². The third kappa shape index (κ3) is 4.94. The molecule has 0 aromatic heterocycles. The summed E-state index contributed by atoms with van der Waals surface area (Å²) in [5.41, 5.74) is 0. The summed E-state index contributed by atoms with van der Waals surface area (Å²) in [5.74, 6) is -0.151. The standard InChI is InChI=1S/C12H23NO3/c1-10(2)4-7-16-8-6-13-5-3-11(9-13)12(14)15/h10-11H,3-9H2,1-2H3,(H,14,15). The van der Waals surface area contributed by atoms with Gasteiger partial charge in [0.1, 0.15) is 0 Å². The van der Waals surface area contributed by atoms with Gasteiger partial charge < -0.3 is 14.7 Å². The first-order valence-corrected chi connectivity index (χ1v) is 6.12. The van der Waals surface area contributed by atoms with Crippen molar-refractivity contribution in [2.75, 3.05) is 32.8 Å². The maximum absolute atomic E-state index is 10.7. The lowest BCUT2D eigenvalue weighted by Gasteiger charge is -2.15. The zero-order chi connectivity index (χ0) is 12.0. The SMILES string of the molecule is CC(C)CCOCCN1CCC(C(=O)O)C1. The van der Waals surface area contributed by atoms with Crippen LogP contribution in [0.3, 0.4) is 0 Å². The first-order chi connectivity index (χ1) is 7.59. The minimum atomic E-state index is -0.664. The molecule has 1 aliphatic rings. The first-order valence-electron chi connectivity index (χ1n) is 6.12. The van der Waals surface area contributed by atoms with Crippen LogP contribution in [-0.2, 0) is 9.53 Å². The van der Waals surface area contributed by atoms with Gasteiger partial charge in [-0.05, 0) is 25.3 Å². The molecule has 1 aliphatic heterocycles. The zero-order valence-corrected chi connectivity index (χ0v) is 10.3. The highest BCUT2D eigenvalue weighted by molar-refractivity contribution is 5.70. The summed E-state index contributed by atoms with van der Waals surface area (Å²) in [4.78, 5) is 12.9. The maximum Gasteiger partial charge on any atom is 0.307 e. The third-order valence-electron chi connectivity index (χ3n) is 3.01.